The molecule has 0 N–H and O–H groups in total. The fourth-order valence-corrected chi connectivity index (χ4v) is 3.90. The van der Waals surface area contributed by atoms with Crippen LogP contribution in [-0.2, 0) is 0 Å². The summed E-state index contributed by atoms with van der Waals surface area (Å²) in [6, 6.07) is 0. The molecule has 5 heteroatoms. The Bertz CT molecular complexity index is 380. The van der Waals surface area contributed by atoms with Crippen molar-refractivity contribution in [1.82, 2.24) is 9.97 Å². The van der Waals surface area contributed by atoms with Gasteiger partial charge in [0.05, 0.1) is 11.4 Å². The molecule has 2 nitrogen and oxygen atoms in total. The van der Waals surface area contributed by atoms with Gasteiger partial charge in [0, 0.05) is 40.0 Å². The van der Waals surface area contributed by atoms with Crippen LogP contribution in [0.2, 0.25) is 0 Å². The Labute approximate surface area is 93.9 Å². The second kappa shape index (κ2) is 3.72. The first-order chi connectivity index (χ1) is 6.27. The first kappa shape index (κ1) is 9.70. The average Bonchev–Trinajstić information content (AvgIpc) is 2.11. The van der Waals surface area contributed by atoms with Gasteiger partial charge in [0.25, 0.3) is 0 Å². The van der Waals surface area contributed by atoms with E-state index in [1.165, 1.54) is 11.3 Å². The monoisotopic (exact) mass is 320 g/mol. The summed E-state index contributed by atoms with van der Waals surface area (Å²) in [6.45, 7) is 0. The molecule has 0 aliphatic heterocycles. The number of hydrogen-bond donors (Lipinski definition) is 0. The molecule has 1 aromatic rings. The minimum absolute atomic E-state index is 0.477. The van der Waals surface area contributed by atoms with Crippen LogP contribution in [0.5, 0.6) is 0 Å². The lowest BCUT2D eigenvalue weighted by Gasteiger charge is -2.32. The van der Waals surface area contributed by atoms with Gasteiger partial charge in [0.1, 0.15) is 0 Å². The number of rotatable bonds is 2. The van der Waals surface area contributed by atoms with Crippen LogP contribution in [0.1, 0.15) is 22.6 Å². The molecule has 66 valence electrons. The molecular formula is C8H7IN2P2. The molecule has 0 spiro atoms. The van der Waals surface area contributed by atoms with Crippen LogP contribution in [-0.4, -0.2) is 22.6 Å². The largest absolute Gasteiger partial charge is 0.231 e. The summed E-state index contributed by atoms with van der Waals surface area (Å²) in [4.78, 5) is 8.58. The van der Waals surface area contributed by atoms with Crippen LogP contribution < -0.4 is 0 Å². The van der Waals surface area contributed by atoms with E-state index in [2.05, 4.69) is 45.2 Å². The average molecular weight is 320 g/mol. The SMILES string of the molecule is C=PC1c2cnc(I)nc2C1P=C. The smallest absolute Gasteiger partial charge is 0.190 e. The highest BCUT2D eigenvalue weighted by Crippen LogP contribution is 2.56. The zero-order chi connectivity index (χ0) is 9.42. The zero-order valence-corrected chi connectivity index (χ0v) is 10.8. The molecule has 2 rings (SSSR count). The van der Waals surface area contributed by atoms with Crippen LogP contribution >= 0.6 is 39.0 Å². The molecule has 1 aliphatic rings. The molecule has 0 saturated carbocycles. The van der Waals surface area contributed by atoms with Crippen LogP contribution in [0.4, 0.5) is 0 Å². The molecule has 1 aliphatic carbocycles. The van der Waals surface area contributed by atoms with Crippen LogP contribution in [0.15, 0.2) is 6.20 Å². The number of nitrogens with zero attached hydrogens (tertiary/aromatic N) is 2. The van der Waals surface area contributed by atoms with Crippen molar-refractivity contribution in [2.24, 2.45) is 0 Å². The van der Waals surface area contributed by atoms with E-state index in [0.29, 0.717) is 11.3 Å². The summed E-state index contributed by atoms with van der Waals surface area (Å²) in [5, 5.41) is 0. The van der Waals surface area contributed by atoms with Crippen molar-refractivity contribution >= 4 is 51.6 Å². The van der Waals surface area contributed by atoms with Gasteiger partial charge >= 0.3 is 0 Å². The van der Waals surface area contributed by atoms with Crippen molar-refractivity contribution in [1.29, 1.82) is 0 Å². The van der Waals surface area contributed by atoms with Gasteiger partial charge in [-0.1, -0.05) is 12.6 Å². The standard InChI is InChI=1S/C8H7IN2P2/c1-12-6-4-3-10-8(9)11-5(4)7(6)13-2/h3,6-7H,1-2H2. The lowest BCUT2D eigenvalue weighted by atomic mass is 9.94. The van der Waals surface area contributed by atoms with Crippen molar-refractivity contribution < 1.29 is 0 Å². The number of halogens is 1. The quantitative estimate of drug-likeness (QED) is 0.476. The zero-order valence-electron chi connectivity index (χ0n) is 6.81. The van der Waals surface area contributed by atoms with Gasteiger partial charge < -0.3 is 0 Å². The van der Waals surface area contributed by atoms with E-state index in [0.717, 1.165) is 20.2 Å². The van der Waals surface area contributed by atoms with Gasteiger partial charge in [-0.15, -0.1) is 16.4 Å². The van der Waals surface area contributed by atoms with Gasteiger partial charge in [0.2, 0.25) is 0 Å². The Hall–Kier alpha value is 0.150. The highest BCUT2D eigenvalue weighted by molar-refractivity contribution is 14.1. The Morgan fingerprint density at radius 3 is 2.62 bits per heavy atom. The normalized spacial score (nSPS) is 25.6. The second-order valence-corrected chi connectivity index (χ2v) is 5.54. The second-order valence-electron chi connectivity index (χ2n) is 2.73. The minimum atomic E-state index is 0.477. The van der Waals surface area contributed by atoms with Crippen LogP contribution in [0, 0.1) is 3.83 Å². The molecule has 0 amide bonds. The predicted molar refractivity (Wildman–Crippen MR) is 68.3 cm³/mol. The number of hydrogen-bond acceptors (Lipinski definition) is 2. The summed E-state index contributed by atoms with van der Waals surface area (Å²) >= 11 is 2.14. The van der Waals surface area contributed by atoms with E-state index < -0.39 is 0 Å². The Morgan fingerprint density at radius 1 is 1.31 bits per heavy atom. The lowest BCUT2D eigenvalue weighted by molar-refractivity contribution is 0.724. The van der Waals surface area contributed by atoms with Crippen LogP contribution in [0.3, 0.4) is 0 Å². The van der Waals surface area contributed by atoms with E-state index >= 15 is 0 Å². The molecule has 13 heavy (non-hydrogen) atoms. The van der Waals surface area contributed by atoms with Crippen molar-refractivity contribution in [3.8, 4) is 0 Å². The van der Waals surface area contributed by atoms with E-state index in [-0.39, 0.29) is 0 Å². The summed E-state index contributed by atoms with van der Waals surface area (Å²) in [6.07, 6.45) is 9.75. The summed E-state index contributed by atoms with van der Waals surface area (Å²) in [7, 11) is 2.29. The van der Waals surface area contributed by atoms with E-state index in [4.69, 9.17) is 0 Å². The van der Waals surface area contributed by atoms with Gasteiger partial charge in [-0.25, -0.2) is 9.97 Å². The molecule has 2 unspecified atom stereocenters. The third-order valence-electron chi connectivity index (χ3n) is 2.11. The maximum atomic E-state index is 4.41. The Kier molecular flexibility index (Phi) is 2.77. The first-order valence-electron chi connectivity index (χ1n) is 3.72. The predicted octanol–water partition coefficient (Wildman–Crippen LogP) is 2.93. The van der Waals surface area contributed by atoms with E-state index in [1.807, 2.05) is 6.20 Å². The molecule has 0 fully saturated rings. The summed E-state index contributed by atoms with van der Waals surface area (Å²) in [5.74, 6) is 0. The van der Waals surface area contributed by atoms with Crippen molar-refractivity contribution in [2.75, 3.05) is 0 Å². The molecule has 1 aromatic heterocycles. The molecule has 2 atom stereocenters. The highest BCUT2D eigenvalue weighted by Gasteiger charge is 2.36. The number of fused-ring (bicyclic) bond motifs is 1. The topological polar surface area (TPSA) is 25.8 Å². The van der Waals surface area contributed by atoms with E-state index in [1.54, 1.807) is 0 Å². The number of aromatic nitrogens is 2. The molecule has 0 aromatic carbocycles. The molecule has 1 heterocycles. The minimum Gasteiger partial charge on any atom is -0.231 e. The summed E-state index contributed by atoms with van der Waals surface area (Å²) < 4.78 is 0.823. The Morgan fingerprint density at radius 2 is 2.00 bits per heavy atom. The van der Waals surface area contributed by atoms with Crippen LogP contribution in [0.25, 0.3) is 0 Å². The van der Waals surface area contributed by atoms with Crippen molar-refractivity contribution in [3.05, 3.63) is 21.3 Å². The molecule has 0 bridgehead atoms. The third kappa shape index (κ3) is 1.47. The molecular weight excluding hydrogens is 313 g/mol. The maximum Gasteiger partial charge on any atom is 0.190 e. The molecule has 0 radical (unpaired) electrons. The van der Waals surface area contributed by atoms with Crippen molar-refractivity contribution in [2.45, 2.75) is 11.3 Å². The van der Waals surface area contributed by atoms with Gasteiger partial charge in [-0.3, -0.25) is 0 Å². The van der Waals surface area contributed by atoms with E-state index in [9.17, 15) is 0 Å². The fourth-order valence-electron chi connectivity index (χ4n) is 1.45. The third-order valence-corrected chi connectivity index (χ3v) is 4.77. The Balaban J connectivity index is 2.48. The molecule has 0 saturated heterocycles. The van der Waals surface area contributed by atoms with Crippen molar-refractivity contribution in [3.63, 3.8) is 0 Å². The first-order valence-corrected chi connectivity index (χ1v) is 7.09. The lowest BCUT2D eigenvalue weighted by Crippen LogP contribution is -2.19. The van der Waals surface area contributed by atoms with Gasteiger partial charge in [0.15, 0.2) is 3.83 Å². The van der Waals surface area contributed by atoms with Gasteiger partial charge in [-0.05, 0) is 0 Å². The van der Waals surface area contributed by atoms with Gasteiger partial charge in [-0.2, -0.15) is 0 Å². The fraction of sp³-hybridized carbons (Fsp3) is 0.250. The summed E-state index contributed by atoms with van der Waals surface area (Å²) in [5.41, 5.74) is 3.42. The maximum absolute atomic E-state index is 4.41. The highest BCUT2D eigenvalue weighted by atomic mass is 127.